The summed E-state index contributed by atoms with van der Waals surface area (Å²) in [5, 5.41) is 5.73. The molecule has 0 bridgehead atoms. The van der Waals surface area contributed by atoms with E-state index in [2.05, 4.69) is 15.6 Å². The fraction of sp³-hybridized carbons (Fsp3) is 0.312. The highest BCUT2D eigenvalue weighted by Gasteiger charge is 2.26. The molecule has 23 heavy (non-hydrogen) atoms. The van der Waals surface area contributed by atoms with Crippen molar-refractivity contribution in [2.45, 2.75) is 26.8 Å². The highest BCUT2D eigenvalue weighted by molar-refractivity contribution is 7.15. The number of carbonyl (C=O) groups is 2. The standard InChI is InChI=1S/C16H18FN3O2S/c1-9(2)13(15(22)20-16-18-8-10(3)23-16)19-14(21)11-6-4-5-7-12(11)17/h4-9,13H,1-3H3,(H,19,21)(H,18,20,22). The van der Waals surface area contributed by atoms with Crippen LogP contribution in [0, 0.1) is 18.7 Å². The number of nitrogens with zero attached hydrogens (tertiary/aromatic N) is 1. The predicted molar refractivity (Wildman–Crippen MR) is 88.0 cm³/mol. The third-order valence-electron chi connectivity index (χ3n) is 3.21. The Balaban J connectivity index is 2.10. The SMILES string of the molecule is Cc1cnc(NC(=O)C(NC(=O)c2ccccc2F)C(C)C)s1. The van der Waals surface area contributed by atoms with E-state index in [0.29, 0.717) is 5.13 Å². The van der Waals surface area contributed by atoms with E-state index in [0.717, 1.165) is 4.88 Å². The van der Waals surface area contributed by atoms with Crippen LogP contribution >= 0.6 is 11.3 Å². The van der Waals surface area contributed by atoms with Crippen molar-refractivity contribution in [1.29, 1.82) is 0 Å². The number of halogens is 1. The molecule has 0 aliphatic heterocycles. The Morgan fingerprint density at radius 3 is 2.52 bits per heavy atom. The van der Waals surface area contributed by atoms with Gasteiger partial charge in [-0.1, -0.05) is 26.0 Å². The van der Waals surface area contributed by atoms with Crippen LogP contribution in [0.1, 0.15) is 29.1 Å². The smallest absolute Gasteiger partial charge is 0.254 e. The minimum atomic E-state index is -0.786. The van der Waals surface area contributed by atoms with Gasteiger partial charge >= 0.3 is 0 Å². The summed E-state index contributed by atoms with van der Waals surface area (Å²) in [6.45, 7) is 5.49. The minimum absolute atomic E-state index is 0.0870. The van der Waals surface area contributed by atoms with Gasteiger partial charge in [-0.05, 0) is 25.0 Å². The molecule has 7 heteroatoms. The summed E-state index contributed by atoms with van der Waals surface area (Å²) in [7, 11) is 0. The van der Waals surface area contributed by atoms with Crippen LogP contribution in [0.15, 0.2) is 30.5 Å². The number of anilines is 1. The van der Waals surface area contributed by atoms with E-state index in [1.54, 1.807) is 26.1 Å². The highest BCUT2D eigenvalue weighted by atomic mass is 32.1. The Hall–Kier alpha value is -2.28. The van der Waals surface area contributed by atoms with Gasteiger partial charge in [0.25, 0.3) is 5.91 Å². The Labute approximate surface area is 137 Å². The van der Waals surface area contributed by atoms with Crippen molar-refractivity contribution >= 4 is 28.3 Å². The molecule has 2 N–H and O–H groups in total. The van der Waals surface area contributed by atoms with Crippen LogP contribution in [0.4, 0.5) is 9.52 Å². The van der Waals surface area contributed by atoms with Crippen LogP contribution in [-0.4, -0.2) is 22.8 Å². The quantitative estimate of drug-likeness (QED) is 0.882. The zero-order valence-electron chi connectivity index (χ0n) is 13.1. The summed E-state index contributed by atoms with van der Waals surface area (Å²) in [6, 6.07) is 4.87. The lowest BCUT2D eigenvalue weighted by Crippen LogP contribution is -2.47. The summed E-state index contributed by atoms with van der Waals surface area (Å²) in [5.41, 5.74) is -0.0870. The Morgan fingerprint density at radius 2 is 1.96 bits per heavy atom. The normalized spacial score (nSPS) is 12.0. The topological polar surface area (TPSA) is 71.1 Å². The number of aryl methyl sites for hydroxylation is 1. The second-order valence-corrected chi connectivity index (χ2v) is 6.68. The molecule has 1 aromatic heterocycles. The van der Waals surface area contributed by atoms with Crippen molar-refractivity contribution in [1.82, 2.24) is 10.3 Å². The molecular formula is C16H18FN3O2S. The number of thiazole rings is 1. The number of nitrogens with one attached hydrogen (secondary N) is 2. The van der Waals surface area contributed by atoms with Crippen LogP contribution in [0.5, 0.6) is 0 Å². The Morgan fingerprint density at radius 1 is 1.26 bits per heavy atom. The van der Waals surface area contributed by atoms with Gasteiger partial charge in [0.1, 0.15) is 11.9 Å². The molecule has 1 atom stereocenters. The second-order valence-electron chi connectivity index (χ2n) is 5.44. The summed E-state index contributed by atoms with van der Waals surface area (Å²) in [6.07, 6.45) is 1.66. The average Bonchev–Trinajstić information content (AvgIpc) is 2.89. The maximum atomic E-state index is 13.7. The lowest BCUT2D eigenvalue weighted by atomic mass is 10.0. The Bertz CT molecular complexity index is 715. The van der Waals surface area contributed by atoms with Gasteiger partial charge in [0.05, 0.1) is 5.56 Å². The Kier molecular flexibility index (Phi) is 5.44. The number of benzene rings is 1. The van der Waals surface area contributed by atoms with Gasteiger partial charge in [-0.2, -0.15) is 0 Å². The fourth-order valence-corrected chi connectivity index (χ4v) is 2.66. The van der Waals surface area contributed by atoms with E-state index >= 15 is 0 Å². The van der Waals surface area contributed by atoms with Crippen LogP contribution in [0.3, 0.4) is 0 Å². The maximum Gasteiger partial charge on any atom is 0.254 e. The van der Waals surface area contributed by atoms with Gasteiger partial charge in [-0.3, -0.25) is 9.59 Å². The molecule has 5 nitrogen and oxygen atoms in total. The van der Waals surface area contributed by atoms with Gasteiger partial charge in [-0.25, -0.2) is 9.37 Å². The number of rotatable bonds is 5. The van der Waals surface area contributed by atoms with E-state index in [1.165, 1.54) is 29.5 Å². The molecule has 2 amide bonds. The maximum absolute atomic E-state index is 13.7. The molecule has 2 rings (SSSR count). The largest absolute Gasteiger partial charge is 0.340 e. The summed E-state index contributed by atoms with van der Waals surface area (Å²) >= 11 is 1.35. The van der Waals surface area contributed by atoms with E-state index in [9.17, 15) is 14.0 Å². The first-order valence-corrected chi connectivity index (χ1v) is 7.99. The van der Waals surface area contributed by atoms with E-state index in [1.807, 2.05) is 6.92 Å². The number of amides is 2. The van der Waals surface area contributed by atoms with Gasteiger partial charge in [-0.15, -0.1) is 11.3 Å². The summed E-state index contributed by atoms with van der Waals surface area (Å²) in [5.74, 6) is -1.78. The monoisotopic (exact) mass is 335 g/mol. The van der Waals surface area contributed by atoms with Gasteiger partial charge in [0.2, 0.25) is 5.91 Å². The first-order valence-electron chi connectivity index (χ1n) is 7.17. The molecular weight excluding hydrogens is 317 g/mol. The predicted octanol–water partition coefficient (Wildman–Crippen LogP) is 2.98. The minimum Gasteiger partial charge on any atom is -0.340 e. The van der Waals surface area contributed by atoms with Crippen molar-refractivity contribution in [3.05, 3.63) is 46.7 Å². The fourth-order valence-electron chi connectivity index (χ4n) is 1.99. The van der Waals surface area contributed by atoms with E-state index < -0.39 is 17.8 Å². The average molecular weight is 335 g/mol. The van der Waals surface area contributed by atoms with Crippen LogP contribution in [0.2, 0.25) is 0 Å². The third kappa shape index (κ3) is 4.35. The number of aromatic nitrogens is 1. The molecule has 0 fully saturated rings. The second kappa shape index (κ2) is 7.32. The molecule has 1 aromatic carbocycles. The highest BCUT2D eigenvalue weighted by Crippen LogP contribution is 2.17. The van der Waals surface area contributed by atoms with Gasteiger partial charge in [0, 0.05) is 11.1 Å². The first kappa shape index (κ1) is 17.1. The van der Waals surface area contributed by atoms with Crippen LogP contribution in [0.25, 0.3) is 0 Å². The first-order chi connectivity index (χ1) is 10.9. The van der Waals surface area contributed by atoms with E-state index in [-0.39, 0.29) is 17.4 Å². The molecule has 0 spiro atoms. The van der Waals surface area contributed by atoms with Crippen molar-refractivity contribution in [2.75, 3.05) is 5.32 Å². The van der Waals surface area contributed by atoms with Gasteiger partial charge < -0.3 is 10.6 Å². The van der Waals surface area contributed by atoms with Crippen molar-refractivity contribution in [3.63, 3.8) is 0 Å². The van der Waals surface area contributed by atoms with Crippen molar-refractivity contribution in [3.8, 4) is 0 Å². The zero-order valence-corrected chi connectivity index (χ0v) is 13.9. The molecule has 0 radical (unpaired) electrons. The number of carbonyl (C=O) groups excluding carboxylic acids is 2. The molecule has 0 aliphatic carbocycles. The van der Waals surface area contributed by atoms with Gasteiger partial charge in [0.15, 0.2) is 5.13 Å². The molecule has 122 valence electrons. The molecule has 0 aliphatic rings. The van der Waals surface area contributed by atoms with Crippen LogP contribution < -0.4 is 10.6 Å². The zero-order chi connectivity index (χ0) is 17.0. The van der Waals surface area contributed by atoms with Crippen LogP contribution in [-0.2, 0) is 4.79 Å². The lowest BCUT2D eigenvalue weighted by Gasteiger charge is -2.21. The number of hydrogen-bond acceptors (Lipinski definition) is 4. The van der Waals surface area contributed by atoms with E-state index in [4.69, 9.17) is 0 Å². The summed E-state index contributed by atoms with van der Waals surface area (Å²) < 4.78 is 13.7. The summed E-state index contributed by atoms with van der Waals surface area (Å²) in [4.78, 5) is 29.6. The lowest BCUT2D eigenvalue weighted by molar-refractivity contribution is -0.118. The third-order valence-corrected chi connectivity index (χ3v) is 4.03. The molecule has 2 aromatic rings. The van der Waals surface area contributed by atoms with Crippen molar-refractivity contribution in [2.24, 2.45) is 5.92 Å². The molecule has 1 unspecified atom stereocenters. The van der Waals surface area contributed by atoms with Crippen molar-refractivity contribution < 1.29 is 14.0 Å². The number of hydrogen-bond donors (Lipinski definition) is 2. The molecule has 0 saturated heterocycles. The molecule has 0 saturated carbocycles. The molecule has 1 heterocycles.